The number of halogens is 1. The van der Waals surface area contributed by atoms with E-state index in [2.05, 4.69) is 0 Å². The predicted octanol–water partition coefficient (Wildman–Crippen LogP) is 3.16. The maximum atomic E-state index is 13.2. The summed E-state index contributed by atoms with van der Waals surface area (Å²) in [4.78, 5) is 10.6. The normalized spacial score (nSPS) is 10.6. The zero-order chi connectivity index (χ0) is 9.42. The predicted molar refractivity (Wildman–Crippen MR) is 51.9 cm³/mol. The first kappa shape index (κ1) is 8.38. The molecule has 2 rings (SSSR count). The van der Waals surface area contributed by atoms with E-state index in [1.165, 1.54) is 17.4 Å². The SMILES string of the molecule is Cc1c(F)cc(C=O)c2sccc12. The highest BCUT2D eigenvalue weighted by Gasteiger charge is 2.08. The van der Waals surface area contributed by atoms with Crippen LogP contribution in [-0.4, -0.2) is 6.29 Å². The molecule has 1 aromatic heterocycles. The Morgan fingerprint density at radius 1 is 1.54 bits per heavy atom. The maximum absolute atomic E-state index is 13.2. The molecule has 1 nitrogen and oxygen atoms in total. The van der Waals surface area contributed by atoms with Crippen LogP contribution in [0.4, 0.5) is 4.39 Å². The Kier molecular flexibility index (Phi) is 1.88. The summed E-state index contributed by atoms with van der Waals surface area (Å²) < 4.78 is 14.1. The number of carbonyl (C=O) groups excluding carboxylic acids is 1. The molecule has 13 heavy (non-hydrogen) atoms. The van der Waals surface area contributed by atoms with E-state index < -0.39 is 0 Å². The Balaban J connectivity index is 2.95. The van der Waals surface area contributed by atoms with Gasteiger partial charge in [0.2, 0.25) is 0 Å². The lowest BCUT2D eigenvalue weighted by Gasteiger charge is -2.00. The molecule has 0 atom stereocenters. The summed E-state index contributed by atoms with van der Waals surface area (Å²) in [6, 6.07) is 3.13. The van der Waals surface area contributed by atoms with Gasteiger partial charge in [0, 0.05) is 10.3 Å². The van der Waals surface area contributed by atoms with Crippen LogP contribution < -0.4 is 0 Å². The lowest BCUT2D eigenvalue weighted by Crippen LogP contribution is -1.87. The molecule has 0 aliphatic rings. The molecule has 0 saturated carbocycles. The summed E-state index contributed by atoms with van der Waals surface area (Å²) in [5.41, 5.74) is 1.05. The fourth-order valence-corrected chi connectivity index (χ4v) is 2.29. The molecule has 0 bridgehead atoms. The third kappa shape index (κ3) is 1.16. The van der Waals surface area contributed by atoms with Crippen molar-refractivity contribution < 1.29 is 9.18 Å². The fraction of sp³-hybridized carbons (Fsp3) is 0.100. The summed E-state index contributed by atoms with van der Waals surface area (Å²) in [7, 11) is 0. The number of aryl methyl sites for hydroxylation is 1. The van der Waals surface area contributed by atoms with Crippen molar-refractivity contribution in [2.75, 3.05) is 0 Å². The van der Waals surface area contributed by atoms with Gasteiger partial charge in [-0.3, -0.25) is 4.79 Å². The van der Waals surface area contributed by atoms with Gasteiger partial charge in [0.15, 0.2) is 6.29 Å². The van der Waals surface area contributed by atoms with Crippen molar-refractivity contribution in [3.63, 3.8) is 0 Å². The van der Waals surface area contributed by atoms with Crippen molar-refractivity contribution >= 4 is 27.7 Å². The molecular formula is C10H7FOS. The van der Waals surface area contributed by atoms with Crippen molar-refractivity contribution in [1.29, 1.82) is 0 Å². The van der Waals surface area contributed by atoms with Crippen molar-refractivity contribution in [3.05, 3.63) is 34.5 Å². The quantitative estimate of drug-likeness (QED) is 0.637. The standard InChI is InChI=1S/C10H7FOS/c1-6-8-2-3-13-10(8)7(5-12)4-9(6)11/h2-5H,1H3. The van der Waals surface area contributed by atoms with Gasteiger partial charge in [0.05, 0.1) is 0 Å². The van der Waals surface area contributed by atoms with Crippen molar-refractivity contribution in [2.24, 2.45) is 0 Å². The van der Waals surface area contributed by atoms with Gasteiger partial charge in [0.25, 0.3) is 0 Å². The summed E-state index contributed by atoms with van der Waals surface area (Å²) in [6.45, 7) is 1.72. The molecule has 0 spiro atoms. The molecule has 3 heteroatoms. The van der Waals surface area contributed by atoms with Gasteiger partial charge in [-0.25, -0.2) is 4.39 Å². The van der Waals surface area contributed by atoms with E-state index in [0.717, 1.165) is 10.1 Å². The lowest BCUT2D eigenvalue weighted by atomic mass is 10.1. The van der Waals surface area contributed by atoms with Gasteiger partial charge in [-0.05, 0) is 35.4 Å². The van der Waals surface area contributed by atoms with Gasteiger partial charge >= 0.3 is 0 Å². The molecule has 0 N–H and O–H groups in total. The number of hydrogen-bond acceptors (Lipinski definition) is 2. The van der Waals surface area contributed by atoms with Crippen LogP contribution in [0.1, 0.15) is 15.9 Å². The van der Waals surface area contributed by atoms with Gasteiger partial charge in [-0.1, -0.05) is 0 Å². The first-order chi connectivity index (χ1) is 6.24. The van der Waals surface area contributed by atoms with Crippen LogP contribution in [0, 0.1) is 12.7 Å². The number of fused-ring (bicyclic) bond motifs is 1. The van der Waals surface area contributed by atoms with E-state index in [1.807, 2.05) is 11.4 Å². The van der Waals surface area contributed by atoms with Crippen molar-refractivity contribution in [3.8, 4) is 0 Å². The molecule has 0 saturated heterocycles. The molecule has 0 fully saturated rings. The smallest absolute Gasteiger partial charge is 0.151 e. The summed E-state index contributed by atoms with van der Waals surface area (Å²) in [6.07, 6.45) is 0.696. The first-order valence-corrected chi connectivity index (χ1v) is 4.73. The van der Waals surface area contributed by atoms with E-state index in [-0.39, 0.29) is 5.82 Å². The third-order valence-electron chi connectivity index (χ3n) is 2.10. The zero-order valence-corrected chi connectivity index (χ0v) is 7.82. The maximum Gasteiger partial charge on any atom is 0.151 e. The Morgan fingerprint density at radius 3 is 3.00 bits per heavy atom. The van der Waals surface area contributed by atoms with E-state index in [4.69, 9.17) is 0 Å². The second kappa shape index (κ2) is 2.92. The largest absolute Gasteiger partial charge is 0.298 e. The second-order valence-electron chi connectivity index (χ2n) is 2.85. The lowest BCUT2D eigenvalue weighted by molar-refractivity contribution is 0.112. The molecule has 0 radical (unpaired) electrons. The summed E-state index contributed by atoms with van der Waals surface area (Å²) >= 11 is 1.46. The average molecular weight is 194 g/mol. The molecule has 0 amide bonds. The van der Waals surface area contributed by atoms with Crippen LogP contribution in [-0.2, 0) is 0 Å². The number of benzene rings is 1. The Bertz CT molecular complexity index is 473. The number of hydrogen-bond donors (Lipinski definition) is 0. The minimum atomic E-state index is -0.312. The Hall–Kier alpha value is -1.22. The van der Waals surface area contributed by atoms with Gasteiger partial charge < -0.3 is 0 Å². The number of thiophene rings is 1. The van der Waals surface area contributed by atoms with Gasteiger partial charge in [-0.15, -0.1) is 11.3 Å². The number of carbonyl (C=O) groups is 1. The van der Waals surface area contributed by atoms with Crippen molar-refractivity contribution in [1.82, 2.24) is 0 Å². The monoisotopic (exact) mass is 194 g/mol. The number of aldehydes is 1. The van der Waals surface area contributed by atoms with E-state index >= 15 is 0 Å². The molecule has 2 aromatic rings. The van der Waals surface area contributed by atoms with Crippen LogP contribution in [0.2, 0.25) is 0 Å². The molecule has 0 unspecified atom stereocenters. The average Bonchev–Trinajstić information content (AvgIpc) is 2.60. The van der Waals surface area contributed by atoms with E-state index in [9.17, 15) is 9.18 Å². The summed E-state index contributed by atoms with van der Waals surface area (Å²) in [5.74, 6) is -0.312. The van der Waals surface area contributed by atoms with Crippen LogP contribution in [0.3, 0.4) is 0 Å². The highest BCUT2D eigenvalue weighted by molar-refractivity contribution is 7.17. The fourth-order valence-electron chi connectivity index (χ4n) is 1.35. The highest BCUT2D eigenvalue weighted by Crippen LogP contribution is 2.28. The van der Waals surface area contributed by atoms with E-state index in [1.54, 1.807) is 6.92 Å². The topological polar surface area (TPSA) is 17.1 Å². The van der Waals surface area contributed by atoms with Gasteiger partial charge in [-0.2, -0.15) is 0 Å². The van der Waals surface area contributed by atoms with Gasteiger partial charge in [0.1, 0.15) is 5.82 Å². The Labute approximate surface area is 78.8 Å². The van der Waals surface area contributed by atoms with Crippen LogP contribution in [0.5, 0.6) is 0 Å². The van der Waals surface area contributed by atoms with Crippen LogP contribution in [0.25, 0.3) is 10.1 Å². The molecule has 66 valence electrons. The zero-order valence-electron chi connectivity index (χ0n) is 7.00. The van der Waals surface area contributed by atoms with Crippen LogP contribution >= 0.6 is 11.3 Å². The van der Waals surface area contributed by atoms with Crippen molar-refractivity contribution in [2.45, 2.75) is 6.92 Å². The van der Waals surface area contributed by atoms with E-state index in [0.29, 0.717) is 17.4 Å². The molecule has 0 aliphatic heterocycles. The minimum Gasteiger partial charge on any atom is -0.298 e. The first-order valence-electron chi connectivity index (χ1n) is 3.85. The second-order valence-corrected chi connectivity index (χ2v) is 3.77. The summed E-state index contributed by atoms with van der Waals surface area (Å²) in [5, 5.41) is 2.71. The Morgan fingerprint density at radius 2 is 2.31 bits per heavy atom. The molecule has 1 heterocycles. The number of rotatable bonds is 1. The molecule has 0 aliphatic carbocycles. The third-order valence-corrected chi connectivity index (χ3v) is 3.06. The molecule has 1 aromatic carbocycles. The molecular weight excluding hydrogens is 187 g/mol. The van der Waals surface area contributed by atoms with Crippen LogP contribution in [0.15, 0.2) is 17.5 Å². The minimum absolute atomic E-state index is 0.312. The highest BCUT2D eigenvalue weighted by atomic mass is 32.1.